The van der Waals surface area contributed by atoms with Crippen molar-refractivity contribution < 1.29 is 27.5 Å². The zero-order valence-corrected chi connectivity index (χ0v) is 18.6. The number of alkyl halides is 3. The lowest BCUT2D eigenvalue weighted by Gasteiger charge is -2.32. The first-order valence-corrected chi connectivity index (χ1v) is 11.0. The molecule has 166 valence electrons. The number of nitrogens with zero attached hydrogens (tertiary/aromatic N) is 2. The molecule has 31 heavy (non-hydrogen) atoms. The fourth-order valence-corrected chi connectivity index (χ4v) is 4.04. The molecule has 1 saturated heterocycles. The second kappa shape index (κ2) is 9.90. The zero-order chi connectivity index (χ0) is 22.6. The van der Waals surface area contributed by atoms with E-state index in [1.165, 1.54) is 30.5 Å². The summed E-state index contributed by atoms with van der Waals surface area (Å²) in [7, 11) is 0. The maximum Gasteiger partial charge on any atom is 0.446 e. The highest BCUT2D eigenvalue weighted by molar-refractivity contribution is 9.10. The number of primary amides is 1. The van der Waals surface area contributed by atoms with Gasteiger partial charge in [0.1, 0.15) is 11.7 Å². The van der Waals surface area contributed by atoms with Gasteiger partial charge in [-0.1, -0.05) is 12.1 Å². The lowest BCUT2D eigenvalue weighted by molar-refractivity contribution is -0.132. The molecule has 3 rings (SSSR count). The Labute approximate surface area is 189 Å². The van der Waals surface area contributed by atoms with E-state index in [1.807, 2.05) is 0 Å². The van der Waals surface area contributed by atoms with E-state index in [1.54, 1.807) is 11.0 Å². The molecule has 0 unspecified atom stereocenters. The number of hydrogen-bond donors (Lipinski definition) is 1. The molecule has 0 spiro atoms. The van der Waals surface area contributed by atoms with Gasteiger partial charge in [-0.25, -0.2) is 4.98 Å². The largest absolute Gasteiger partial charge is 0.474 e. The molecule has 0 saturated carbocycles. The van der Waals surface area contributed by atoms with E-state index in [0.717, 1.165) is 0 Å². The Hall–Kier alpha value is -2.27. The third-order valence-electron chi connectivity index (χ3n) is 4.67. The van der Waals surface area contributed by atoms with Gasteiger partial charge in [-0.2, -0.15) is 13.2 Å². The second-order valence-corrected chi connectivity index (χ2v) is 8.99. The standard InChI is InChI=1S/C20H19BrF3N3O3S/c21-13-10-16(18(25)29)19(26-11-13)30-14-5-7-27(8-6-14)17(28)9-12-1-3-15(4-2-12)31-20(22,23)24/h1-4,10-11,14H,5-9H2,(H2,25,29). The SMILES string of the molecule is NC(=O)c1cc(Br)cnc1OC1CCN(C(=O)Cc2ccc(SC(F)(F)F)cc2)CC1. The Morgan fingerprint density at radius 1 is 1.23 bits per heavy atom. The van der Waals surface area contributed by atoms with Crippen molar-refractivity contribution in [1.82, 2.24) is 9.88 Å². The highest BCUT2D eigenvalue weighted by Crippen LogP contribution is 2.36. The monoisotopic (exact) mass is 517 g/mol. The van der Waals surface area contributed by atoms with E-state index in [2.05, 4.69) is 20.9 Å². The van der Waals surface area contributed by atoms with E-state index >= 15 is 0 Å². The van der Waals surface area contributed by atoms with Gasteiger partial charge in [0.05, 0.1) is 6.42 Å². The number of thioether (sulfide) groups is 1. The van der Waals surface area contributed by atoms with Crippen LogP contribution in [-0.2, 0) is 11.2 Å². The number of pyridine rings is 1. The number of carbonyl (C=O) groups is 2. The van der Waals surface area contributed by atoms with Crippen LogP contribution < -0.4 is 10.5 Å². The van der Waals surface area contributed by atoms with Crippen molar-refractivity contribution in [3.8, 4) is 5.88 Å². The normalized spacial score (nSPS) is 15.0. The molecule has 0 bridgehead atoms. The minimum absolute atomic E-state index is 0.0820. The Bertz CT molecular complexity index is 949. The molecule has 2 heterocycles. The highest BCUT2D eigenvalue weighted by atomic mass is 79.9. The van der Waals surface area contributed by atoms with Crippen LogP contribution in [0.2, 0.25) is 0 Å². The maximum atomic E-state index is 12.5. The first-order valence-electron chi connectivity index (χ1n) is 9.35. The number of ether oxygens (including phenoxy) is 1. The van der Waals surface area contributed by atoms with Crippen LogP contribution in [0, 0.1) is 0 Å². The fraction of sp³-hybridized carbons (Fsp3) is 0.350. The number of rotatable bonds is 6. The maximum absolute atomic E-state index is 12.5. The van der Waals surface area contributed by atoms with Gasteiger partial charge in [-0.3, -0.25) is 9.59 Å². The van der Waals surface area contributed by atoms with E-state index in [4.69, 9.17) is 10.5 Å². The molecule has 2 aromatic rings. The van der Waals surface area contributed by atoms with E-state index in [9.17, 15) is 22.8 Å². The lowest BCUT2D eigenvalue weighted by Crippen LogP contribution is -2.42. The average molecular weight is 518 g/mol. The van der Waals surface area contributed by atoms with E-state index < -0.39 is 11.4 Å². The molecule has 2 N–H and O–H groups in total. The first-order chi connectivity index (χ1) is 14.6. The number of hydrogen-bond acceptors (Lipinski definition) is 5. The Morgan fingerprint density at radius 2 is 1.87 bits per heavy atom. The minimum atomic E-state index is -4.34. The summed E-state index contributed by atoms with van der Waals surface area (Å²) in [5.41, 5.74) is 1.87. The molecule has 1 fully saturated rings. The summed E-state index contributed by atoms with van der Waals surface area (Å²) in [4.78, 5) is 30.0. The van der Waals surface area contributed by atoms with Gasteiger partial charge in [0.15, 0.2) is 0 Å². The number of benzene rings is 1. The molecular formula is C20H19BrF3N3O3S. The summed E-state index contributed by atoms with van der Waals surface area (Å²) in [6.45, 7) is 0.932. The van der Waals surface area contributed by atoms with Crippen LogP contribution in [-0.4, -0.2) is 46.4 Å². The van der Waals surface area contributed by atoms with Crippen molar-refractivity contribution in [2.24, 2.45) is 5.73 Å². The minimum Gasteiger partial charge on any atom is -0.474 e. The topological polar surface area (TPSA) is 85.5 Å². The smallest absolute Gasteiger partial charge is 0.446 e. The molecule has 11 heteroatoms. The van der Waals surface area contributed by atoms with Gasteiger partial charge in [-0.05, 0) is 51.5 Å². The summed E-state index contributed by atoms with van der Waals surface area (Å²) < 4.78 is 43.7. The fourth-order valence-electron chi connectivity index (χ4n) is 3.17. The third kappa shape index (κ3) is 6.86. The Balaban J connectivity index is 1.52. The van der Waals surface area contributed by atoms with E-state index in [0.29, 0.717) is 36.0 Å². The predicted molar refractivity (Wildman–Crippen MR) is 113 cm³/mol. The number of likely N-dealkylation sites (tertiary alicyclic amines) is 1. The molecule has 1 aliphatic heterocycles. The van der Waals surface area contributed by atoms with Crippen molar-refractivity contribution in [1.29, 1.82) is 0 Å². The van der Waals surface area contributed by atoms with Crippen LogP contribution in [0.4, 0.5) is 13.2 Å². The highest BCUT2D eigenvalue weighted by Gasteiger charge is 2.29. The molecule has 1 aliphatic rings. The summed E-state index contributed by atoms with van der Waals surface area (Å²) >= 11 is 3.05. The summed E-state index contributed by atoms with van der Waals surface area (Å²) in [5.74, 6) is -0.581. The number of amides is 2. The van der Waals surface area contributed by atoms with Crippen molar-refractivity contribution in [2.45, 2.75) is 35.8 Å². The molecule has 1 aromatic heterocycles. The van der Waals surface area contributed by atoms with Crippen LogP contribution >= 0.6 is 27.7 Å². The van der Waals surface area contributed by atoms with E-state index in [-0.39, 0.29) is 46.5 Å². The molecule has 6 nitrogen and oxygen atoms in total. The van der Waals surface area contributed by atoms with Gasteiger partial charge >= 0.3 is 5.51 Å². The number of halogens is 4. The van der Waals surface area contributed by atoms with Crippen molar-refractivity contribution in [3.05, 3.63) is 52.1 Å². The quantitative estimate of drug-likeness (QED) is 0.581. The van der Waals surface area contributed by atoms with Gasteiger partial charge in [0, 0.05) is 41.5 Å². The predicted octanol–water partition coefficient (Wildman–Crippen LogP) is 4.17. The van der Waals surface area contributed by atoms with Crippen LogP contribution in [0.5, 0.6) is 5.88 Å². The number of piperidine rings is 1. The third-order valence-corrected chi connectivity index (χ3v) is 5.84. The lowest BCUT2D eigenvalue weighted by atomic mass is 10.1. The van der Waals surface area contributed by atoms with Gasteiger partial charge in [-0.15, -0.1) is 0 Å². The number of nitrogens with two attached hydrogens (primary N) is 1. The summed E-state index contributed by atoms with van der Waals surface area (Å²) in [5, 5.41) is 0. The van der Waals surface area contributed by atoms with Crippen LogP contribution in [0.15, 0.2) is 45.9 Å². The van der Waals surface area contributed by atoms with Crippen LogP contribution in [0.3, 0.4) is 0 Å². The molecular weight excluding hydrogens is 499 g/mol. The van der Waals surface area contributed by atoms with Crippen molar-refractivity contribution in [3.63, 3.8) is 0 Å². The number of carbonyl (C=O) groups excluding carboxylic acids is 2. The second-order valence-electron chi connectivity index (χ2n) is 6.94. The zero-order valence-electron chi connectivity index (χ0n) is 16.2. The summed E-state index contributed by atoms with van der Waals surface area (Å²) in [6.07, 6.45) is 2.53. The van der Waals surface area contributed by atoms with Gasteiger partial charge in [0.25, 0.3) is 5.91 Å². The number of aromatic nitrogens is 1. The van der Waals surface area contributed by atoms with Gasteiger partial charge in [0.2, 0.25) is 11.8 Å². The molecule has 2 amide bonds. The molecule has 0 atom stereocenters. The Morgan fingerprint density at radius 3 is 2.45 bits per heavy atom. The van der Waals surface area contributed by atoms with Crippen molar-refractivity contribution in [2.75, 3.05) is 13.1 Å². The Kier molecular flexibility index (Phi) is 7.47. The molecule has 1 aromatic carbocycles. The molecule has 0 radical (unpaired) electrons. The van der Waals surface area contributed by atoms with Gasteiger partial charge < -0.3 is 15.4 Å². The average Bonchev–Trinajstić information content (AvgIpc) is 2.70. The molecule has 0 aliphatic carbocycles. The van der Waals surface area contributed by atoms with Crippen LogP contribution in [0.25, 0.3) is 0 Å². The first kappa shape index (κ1) is 23.4. The van der Waals surface area contributed by atoms with Crippen molar-refractivity contribution >= 4 is 39.5 Å². The van der Waals surface area contributed by atoms with Crippen LogP contribution in [0.1, 0.15) is 28.8 Å². The summed E-state index contributed by atoms with van der Waals surface area (Å²) in [6, 6.07) is 7.34.